The summed E-state index contributed by atoms with van der Waals surface area (Å²) < 4.78 is 0. The van der Waals surface area contributed by atoms with E-state index in [4.69, 9.17) is 0 Å². The highest BCUT2D eigenvalue weighted by atomic mass is 14.2. The molecule has 0 spiro atoms. The van der Waals surface area contributed by atoms with Gasteiger partial charge in [0.25, 0.3) is 0 Å². The minimum atomic E-state index is 0.783. The third-order valence-electron chi connectivity index (χ3n) is 5.63. The Morgan fingerprint density at radius 1 is 0.708 bits per heavy atom. The maximum absolute atomic E-state index is 3.95. The van der Waals surface area contributed by atoms with E-state index in [0.717, 1.165) is 24.7 Å². The highest BCUT2D eigenvalue weighted by Crippen LogP contribution is 2.32. The van der Waals surface area contributed by atoms with E-state index in [0.29, 0.717) is 0 Å². The zero-order valence-corrected chi connectivity index (χ0v) is 14.8. The van der Waals surface area contributed by atoms with Gasteiger partial charge in [0.05, 0.1) is 0 Å². The molecule has 1 saturated carbocycles. The summed E-state index contributed by atoms with van der Waals surface area (Å²) in [4.78, 5) is 0. The lowest BCUT2D eigenvalue weighted by Crippen LogP contribution is -2.13. The molecular formula is C24H30. The van der Waals surface area contributed by atoms with Gasteiger partial charge in [-0.05, 0) is 79.9 Å². The number of allylic oxidation sites excluding steroid dienone is 1. The smallest absolute Gasteiger partial charge is 0.0236 e. The zero-order chi connectivity index (χ0) is 16.6. The highest BCUT2D eigenvalue weighted by Gasteiger charge is 2.18. The second-order valence-electron chi connectivity index (χ2n) is 7.36. The number of benzene rings is 2. The van der Waals surface area contributed by atoms with Crippen molar-refractivity contribution in [1.82, 2.24) is 0 Å². The molecule has 0 nitrogen and oxygen atoms in total. The molecule has 2 aromatic carbocycles. The Morgan fingerprint density at radius 3 is 1.83 bits per heavy atom. The molecule has 0 unspecified atom stereocenters. The van der Waals surface area contributed by atoms with Gasteiger partial charge in [0.1, 0.15) is 0 Å². The summed E-state index contributed by atoms with van der Waals surface area (Å²) in [6, 6.07) is 20.1. The topological polar surface area (TPSA) is 0 Å². The molecule has 1 aliphatic carbocycles. The van der Waals surface area contributed by atoms with Crippen molar-refractivity contribution in [2.24, 2.45) is 11.8 Å². The molecule has 0 atom stereocenters. The van der Waals surface area contributed by atoms with Crippen LogP contribution in [0.4, 0.5) is 0 Å². The largest absolute Gasteiger partial charge is 0.103 e. The summed E-state index contributed by atoms with van der Waals surface area (Å²) in [6.07, 6.45) is 12.5. The molecule has 0 heterocycles. The quantitative estimate of drug-likeness (QED) is 0.518. The van der Waals surface area contributed by atoms with E-state index < -0.39 is 0 Å². The third-order valence-corrected chi connectivity index (χ3v) is 5.63. The van der Waals surface area contributed by atoms with Crippen LogP contribution in [-0.2, 0) is 19.3 Å². The fraction of sp³-hybridized carbons (Fsp3) is 0.417. The average Bonchev–Trinajstić information content (AvgIpc) is 2.67. The summed E-state index contributed by atoms with van der Waals surface area (Å²) in [5, 5.41) is 0. The SMILES string of the molecule is C=CC1CCC(CCc2ccc(CCc3ccccc3)cc2)CC1. The van der Waals surface area contributed by atoms with Crippen molar-refractivity contribution in [2.45, 2.75) is 51.4 Å². The van der Waals surface area contributed by atoms with E-state index in [1.807, 2.05) is 0 Å². The standard InChI is InChI=1S/C24H30/c1-2-20-8-10-22(11-9-20)14-15-24-18-16-23(17-19-24)13-12-21-6-4-3-5-7-21/h2-7,16-20,22H,1,8-15H2. The van der Waals surface area contributed by atoms with Crippen molar-refractivity contribution in [3.05, 3.63) is 83.9 Å². The van der Waals surface area contributed by atoms with Crippen molar-refractivity contribution in [2.75, 3.05) is 0 Å². The summed E-state index contributed by atoms with van der Waals surface area (Å²) in [6.45, 7) is 3.95. The van der Waals surface area contributed by atoms with Gasteiger partial charge in [0.15, 0.2) is 0 Å². The molecule has 0 heteroatoms. The monoisotopic (exact) mass is 318 g/mol. The minimum Gasteiger partial charge on any atom is -0.103 e. The second kappa shape index (κ2) is 8.87. The highest BCUT2D eigenvalue weighted by molar-refractivity contribution is 5.24. The normalized spacial score (nSPS) is 20.7. The van der Waals surface area contributed by atoms with Gasteiger partial charge in [-0.25, -0.2) is 0 Å². The van der Waals surface area contributed by atoms with Gasteiger partial charge in [-0.1, -0.05) is 60.7 Å². The van der Waals surface area contributed by atoms with E-state index in [-0.39, 0.29) is 0 Å². The predicted molar refractivity (Wildman–Crippen MR) is 104 cm³/mol. The Bertz CT molecular complexity index is 600. The molecule has 24 heavy (non-hydrogen) atoms. The molecule has 0 saturated heterocycles. The van der Waals surface area contributed by atoms with Gasteiger partial charge in [0, 0.05) is 0 Å². The lowest BCUT2D eigenvalue weighted by atomic mass is 9.79. The maximum atomic E-state index is 3.95. The van der Waals surface area contributed by atoms with Crippen LogP contribution in [-0.4, -0.2) is 0 Å². The second-order valence-corrected chi connectivity index (χ2v) is 7.36. The first-order chi connectivity index (χ1) is 11.8. The van der Waals surface area contributed by atoms with Gasteiger partial charge >= 0.3 is 0 Å². The van der Waals surface area contributed by atoms with Gasteiger partial charge in [0.2, 0.25) is 0 Å². The lowest BCUT2D eigenvalue weighted by molar-refractivity contribution is 0.296. The van der Waals surface area contributed by atoms with E-state index >= 15 is 0 Å². The number of aryl methyl sites for hydroxylation is 3. The molecule has 0 aromatic heterocycles. The maximum Gasteiger partial charge on any atom is -0.0236 e. The number of hydrogen-bond acceptors (Lipinski definition) is 0. The van der Waals surface area contributed by atoms with Crippen molar-refractivity contribution in [1.29, 1.82) is 0 Å². The van der Waals surface area contributed by atoms with E-state index in [1.165, 1.54) is 55.2 Å². The average molecular weight is 319 g/mol. The Balaban J connectivity index is 1.42. The van der Waals surface area contributed by atoms with Gasteiger partial charge in [-0.3, -0.25) is 0 Å². The van der Waals surface area contributed by atoms with Crippen molar-refractivity contribution in [3.8, 4) is 0 Å². The van der Waals surface area contributed by atoms with Crippen LogP contribution in [0.2, 0.25) is 0 Å². The van der Waals surface area contributed by atoms with Crippen LogP contribution < -0.4 is 0 Å². The molecule has 0 bridgehead atoms. The van der Waals surface area contributed by atoms with Crippen LogP contribution >= 0.6 is 0 Å². The molecule has 3 rings (SSSR count). The molecule has 0 amide bonds. The molecule has 2 aromatic rings. The third kappa shape index (κ3) is 5.09. The van der Waals surface area contributed by atoms with Gasteiger partial charge in [-0.15, -0.1) is 6.58 Å². The van der Waals surface area contributed by atoms with Crippen molar-refractivity contribution in [3.63, 3.8) is 0 Å². The van der Waals surface area contributed by atoms with Gasteiger partial charge < -0.3 is 0 Å². The number of rotatable bonds is 7. The summed E-state index contributed by atoms with van der Waals surface area (Å²) in [5.41, 5.74) is 4.38. The summed E-state index contributed by atoms with van der Waals surface area (Å²) >= 11 is 0. The summed E-state index contributed by atoms with van der Waals surface area (Å²) in [5.74, 6) is 1.71. The molecule has 0 aliphatic heterocycles. The van der Waals surface area contributed by atoms with E-state index in [2.05, 4.69) is 67.3 Å². The van der Waals surface area contributed by atoms with Crippen LogP contribution in [0.5, 0.6) is 0 Å². The molecular weight excluding hydrogens is 288 g/mol. The van der Waals surface area contributed by atoms with E-state index in [1.54, 1.807) is 0 Å². The van der Waals surface area contributed by atoms with Gasteiger partial charge in [-0.2, -0.15) is 0 Å². The van der Waals surface area contributed by atoms with E-state index in [9.17, 15) is 0 Å². The van der Waals surface area contributed by atoms with Crippen molar-refractivity contribution >= 4 is 0 Å². The Kier molecular flexibility index (Phi) is 6.29. The lowest BCUT2D eigenvalue weighted by Gasteiger charge is -2.26. The van der Waals surface area contributed by atoms with Crippen LogP contribution in [0.1, 0.15) is 48.8 Å². The zero-order valence-electron chi connectivity index (χ0n) is 14.8. The number of hydrogen-bond donors (Lipinski definition) is 0. The Morgan fingerprint density at radius 2 is 1.25 bits per heavy atom. The minimum absolute atomic E-state index is 0.783. The fourth-order valence-corrected chi connectivity index (χ4v) is 3.89. The first-order valence-electron chi connectivity index (χ1n) is 9.58. The first kappa shape index (κ1) is 17.0. The molecule has 0 N–H and O–H groups in total. The molecule has 126 valence electrons. The van der Waals surface area contributed by atoms with Crippen molar-refractivity contribution < 1.29 is 0 Å². The predicted octanol–water partition coefficient (Wildman–Crippen LogP) is 6.40. The van der Waals surface area contributed by atoms with Crippen LogP contribution in [0, 0.1) is 11.8 Å². The Labute approximate surface area is 147 Å². The first-order valence-corrected chi connectivity index (χ1v) is 9.58. The molecule has 1 fully saturated rings. The Hall–Kier alpha value is -1.82. The van der Waals surface area contributed by atoms with Crippen LogP contribution in [0.3, 0.4) is 0 Å². The van der Waals surface area contributed by atoms with Crippen LogP contribution in [0.15, 0.2) is 67.3 Å². The molecule has 0 radical (unpaired) electrons. The summed E-state index contributed by atoms with van der Waals surface area (Å²) in [7, 11) is 0. The fourth-order valence-electron chi connectivity index (χ4n) is 3.89. The molecule has 1 aliphatic rings. The van der Waals surface area contributed by atoms with Crippen LogP contribution in [0.25, 0.3) is 0 Å².